The van der Waals surface area contributed by atoms with E-state index in [9.17, 15) is 9.90 Å². The van der Waals surface area contributed by atoms with Gasteiger partial charge in [-0.25, -0.2) is 0 Å². The minimum Gasteiger partial charge on any atom is -0.505 e. The third kappa shape index (κ3) is 3.66. The molecule has 0 spiro atoms. The molecule has 2 aliphatic rings. The van der Waals surface area contributed by atoms with Crippen LogP contribution in [0, 0.1) is 11.8 Å². The van der Waals surface area contributed by atoms with Gasteiger partial charge >= 0.3 is 0 Å². The minimum atomic E-state index is -0.0956. The van der Waals surface area contributed by atoms with Crippen LogP contribution >= 0.6 is 35.0 Å². The average molecular weight is 360 g/mol. The van der Waals surface area contributed by atoms with Crippen LogP contribution in [0.4, 0.5) is 0 Å². The molecule has 6 heteroatoms. The number of aromatic hydroxyl groups is 1. The topological polar surface area (TPSA) is 49.3 Å². The van der Waals surface area contributed by atoms with Crippen LogP contribution in [0.5, 0.6) is 5.75 Å². The van der Waals surface area contributed by atoms with Crippen molar-refractivity contribution in [3.63, 3.8) is 0 Å². The Morgan fingerprint density at radius 2 is 2.00 bits per heavy atom. The summed E-state index contributed by atoms with van der Waals surface area (Å²) in [5, 5.41) is 13.2. The number of hydrogen-bond acceptors (Lipinski definition) is 3. The normalized spacial score (nSPS) is 26.4. The summed E-state index contributed by atoms with van der Waals surface area (Å²) in [6.07, 6.45) is 5.55. The number of carbonyl (C=O) groups excluding carboxylic acids is 1. The van der Waals surface area contributed by atoms with Crippen LogP contribution in [0.1, 0.15) is 32.1 Å². The van der Waals surface area contributed by atoms with Gasteiger partial charge in [0.25, 0.3) is 0 Å². The Balaban J connectivity index is 1.44. The number of benzene rings is 1. The highest BCUT2D eigenvalue weighted by molar-refractivity contribution is 7.99. The molecule has 22 heavy (non-hydrogen) atoms. The molecule has 3 nitrogen and oxygen atoms in total. The zero-order valence-corrected chi connectivity index (χ0v) is 14.5. The van der Waals surface area contributed by atoms with Gasteiger partial charge in [0.1, 0.15) is 0 Å². The largest absolute Gasteiger partial charge is 0.505 e. The lowest BCUT2D eigenvalue weighted by Gasteiger charge is -2.22. The zero-order valence-electron chi connectivity index (χ0n) is 12.1. The van der Waals surface area contributed by atoms with Gasteiger partial charge in [0, 0.05) is 23.1 Å². The van der Waals surface area contributed by atoms with E-state index in [-0.39, 0.29) is 21.7 Å². The van der Waals surface area contributed by atoms with Gasteiger partial charge in [-0.1, -0.05) is 29.6 Å². The predicted molar refractivity (Wildman–Crippen MR) is 90.8 cm³/mol. The summed E-state index contributed by atoms with van der Waals surface area (Å²) in [4.78, 5) is 12.9. The Hall–Kier alpha value is -0.580. The van der Waals surface area contributed by atoms with Crippen LogP contribution < -0.4 is 5.32 Å². The quantitative estimate of drug-likeness (QED) is 0.761. The second-order valence-corrected chi connectivity index (χ2v) is 8.17. The SMILES string of the molecule is O=C(CCSc1cc(Cl)c(O)c(Cl)c1)NC1CC2CCC1C2. The molecular weight excluding hydrogens is 341 g/mol. The Morgan fingerprint density at radius 3 is 2.59 bits per heavy atom. The first-order valence-corrected chi connectivity index (χ1v) is 9.37. The highest BCUT2D eigenvalue weighted by atomic mass is 35.5. The maximum absolute atomic E-state index is 12.0. The molecule has 2 bridgehead atoms. The lowest BCUT2D eigenvalue weighted by atomic mass is 9.95. The molecule has 0 aromatic heterocycles. The molecule has 2 N–H and O–H groups in total. The Bertz CT molecular complexity index is 558. The summed E-state index contributed by atoms with van der Waals surface area (Å²) in [5.74, 6) is 2.24. The number of amides is 1. The molecule has 0 aliphatic heterocycles. The minimum absolute atomic E-state index is 0.0956. The average Bonchev–Trinajstić information content (AvgIpc) is 3.07. The van der Waals surface area contributed by atoms with Crippen LogP contribution in [0.25, 0.3) is 0 Å². The Labute approximate surface area is 144 Å². The third-order valence-corrected chi connectivity index (χ3v) is 6.23. The molecule has 1 aromatic rings. The summed E-state index contributed by atoms with van der Waals surface area (Å²) in [6, 6.07) is 3.73. The van der Waals surface area contributed by atoms with Crippen LogP contribution in [0.15, 0.2) is 17.0 Å². The zero-order chi connectivity index (χ0) is 15.7. The van der Waals surface area contributed by atoms with Crippen molar-refractivity contribution in [2.24, 2.45) is 11.8 Å². The fourth-order valence-electron chi connectivity index (χ4n) is 3.59. The molecule has 2 saturated carbocycles. The van der Waals surface area contributed by atoms with Crippen molar-refractivity contribution < 1.29 is 9.90 Å². The molecular formula is C16H19Cl2NO2S. The Morgan fingerprint density at radius 1 is 1.27 bits per heavy atom. The molecule has 1 aromatic carbocycles. The van der Waals surface area contributed by atoms with Crippen LogP contribution in [-0.4, -0.2) is 22.8 Å². The van der Waals surface area contributed by atoms with Crippen molar-refractivity contribution >= 4 is 40.9 Å². The highest BCUT2D eigenvalue weighted by Crippen LogP contribution is 2.44. The fourth-order valence-corrected chi connectivity index (χ4v) is 5.13. The van der Waals surface area contributed by atoms with Gasteiger partial charge in [-0.15, -0.1) is 11.8 Å². The van der Waals surface area contributed by atoms with E-state index in [1.54, 1.807) is 12.1 Å². The molecule has 0 heterocycles. The van der Waals surface area contributed by atoms with Gasteiger partial charge in [-0.3, -0.25) is 4.79 Å². The number of hydrogen-bond donors (Lipinski definition) is 2. The summed E-state index contributed by atoms with van der Waals surface area (Å²) < 4.78 is 0. The molecule has 2 fully saturated rings. The first-order chi connectivity index (χ1) is 10.5. The van der Waals surface area contributed by atoms with E-state index in [1.165, 1.54) is 31.0 Å². The second kappa shape index (κ2) is 6.90. The molecule has 0 saturated heterocycles. The van der Waals surface area contributed by atoms with Crippen molar-refractivity contribution in [3.05, 3.63) is 22.2 Å². The maximum atomic E-state index is 12.0. The van der Waals surface area contributed by atoms with Crippen molar-refractivity contribution in [1.29, 1.82) is 0 Å². The lowest BCUT2D eigenvalue weighted by Crippen LogP contribution is -2.38. The summed E-state index contributed by atoms with van der Waals surface area (Å²) in [5.41, 5.74) is 0. The van der Waals surface area contributed by atoms with Gasteiger partial charge in [-0.2, -0.15) is 0 Å². The van der Waals surface area contributed by atoms with Crippen molar-refractivity contribution in [2.75, 3.05) is 5.75 Å². The molecule has 120 valence electrons. The van der Waals surface area contributed by atoms with E-state index in [0.717, 1.165) is 17.2 Å². The predicted octanol–water partition coefficient (Wildman–Crippen LogP) is 4.49. The molecule has 0 radical (unpaired) electrons. The number of phenolic OH excluding ortho intramolecular Hbond substituents is 1. The summed E-state index contributed by atoms with van der Waals surface area (Å²) >= 11 is 13.3. The number of halogens is 2. The van der Waals surface area contributed by atoms with Crippen LogP contribution in [0.3, 0.4) is 0 Å². The van der Waals surface area contributed by atoms with Gasteiger partial charge in [-0.05, 0) is 43.2 Å². The fraction of sp³-hybridized carbons (Fsp3) is 0.562. The Kier molecular flexibility index (Phi) is 5.10. The second-order valence-electron chi connectivity index (χ2n) is 6.18. The van der Waals surface area contributed by atoms with Gasteiger partial charge in [0.15, 0.2) is 5.75 Å². The summed E-state index contributed by atoms with van der Waals surface area (Å²) in [7, 11) is 0. The molecule has 3 rings (SSSR count). The van der Waals surface area contributed by atoms with Crippen molar-refractivity contribution in [3.8, 4) is 5.75 Å². The van der Waals surface area contributed by atoms with Gasteiger partial charge in [0.2, 0.25) is 5.91 Å². The number of fused-ring (bicyclic) bond motifs is 2. The maximum Gasteiger partial charge on any atom is 0.221 e. The highest BCUT2D eigenvalue weighted by Gasteiger charge is 2.39. The molecule has 3 atom stereocenters. The van der Waals surface area contributed by atoms with Crippen LogP contribution in [0.2, 0.25) is 10.0 Å². The van der Waals surface area contributed by atoms with Crippen molar-refractivity contribution in [1.82, 2.24) is 5.32 Å². The smallest absolute Gasteiger partial charge is 0.221 e. The number of nitrogens with one attached hydrogen (secondary N) is 1. The van der Waals surface area contributed by atoms with E-state index >= 15 is 0 Å². The van der Waals surface area contributed by atoms with E-state index in [4.69, 9.17) is 23.2 Å². The molecule has 3 unspecified atom stereocenters. The first-order valence-electron chi connectivity index (χ1n) is 7.63. The van der Waals surface area contributed by atoms with E-state index in [1.807, 2.05) is 0 Å². The third-order valence-electron chi connectivity index (χ3n) is 4.67. The van der Waals surface area contributed by atoms with E-state index in [0.29, 0.717) is 24.1 Å². The van der Waals surface area contributed by atoms with Crippen molar-refractivity contribution in [2.45, 2.75) is 43.0 Å². The molecule has 2 aliphatic carbocycles. The van der Waals surface area contributed by atoms with E-state index < -0.39 is 0 Å². The van der Waals surface area contributed by atoms with Gasteiger partial charge < -0.3 is 10.4 Å². The first kappa shape index (κ1) is 16.3. The summed E-state index contributed by atoms with van der Waals surface area (Å²) in [6.45, 7) is 0. The number of thioether (sulfide) groups is 1. The number of phenols is 1. The van der Waals surface area contributed by atoms with Crippen LogP contribution in [-0.2, 0) is 4.79 Å². The lowest BCUT2D eigenvalue weighted by molar-refractivity contribution is -0.121. The van der Waals surface area contributed by atoms with Gasteiger partial charge in [0.05, 0.1) is 10.0 Å². The van der Waals surface area contributed by atoms with E-state index in [2.05, 4.69) is 5.32 Å². The number of rotatable bonds is 5. The standard InChI is InChI=1S/C16H19Cl2NO2S/c17-12-7-11(8-13(18)16(12)21)22-4-3-15(20)19-14-6-9-1-2-10(14)5-9/h7-10,14,21H,1-6H2,(H,19,20). The monoisotopic (exact) mass is 359 g/mol. The number of carbonyl (C=O) groups is 1. The molecule has 1 amide bonds.